The van der Waals surface area contributed by atoms with Gasteiger partial charge in [0.2, 0.25) is 5.91 Å². The van der Waals surface area contributed by atoms with Crippen molar-refractivity contribution in [2.45, 2.75) is 61.8 Å². The highest BCUT2D eigenvalue weighted by atomic mass is 32.2. The molecular formula is C24H28N2O4S. The fourth-order valence-electron chi connectivity index (χ4n) is 4.89. The molecule has 0 radical (unpaired) electrons. The molecule has 4 rings (SSSR count). The minimum Gasteiger partial charge on any atom is -0.327 e. The number of amides is 2. The zero-order valence-corrected chi connectivity index (χ0v) is 18.7. The largest absolute Gasteiger partial charge is 0.327 e. The summed E-state index contributed by atoms with van der Waals surface area (Å²) in [6.45, 7) is 3.79. The highest BCUT2D eigenvalue weighted by molar-refractivity contribution is 7.90. The molecule has 1 heterocycles. The summed E-state index contributed by atoms with van der Waals surface area (Å²) in [5, 5.41) is 0. The lowest BCUT2D eigenvalue weighted by atomic mass is 9.74. The summed E-state index contributed by atoms with van der Waals surface area (Å²) in [5.74, 6) is -0.732. The molecule has 7 heteroatoms. The van der Waals surface area contributed by atoms with Crippen LogP contribution < -0.4 is 4.72 Å². The molecule has 2 aromatic carbocycles. The lowest BCUT2D eigenvalue weighted by Gasteiger charge is -2.52. The maximum atomic E-state index is 13.8. The van der Waals surface area contributed by atoms with Crippen LogP contribution in [0.1, 0.15) is 50.2 Å². The van der Waals surface area contributed by atoms with Crippen LogP contribution in [0.4, 0.5) is 0 Å². The molecule has 1 unspecified atom stereocenters. The maximum Gasteiger partial charge on any atom is 0.264 e. The third-order valence-electron chi connectivity index (χ3n) is 6.96. The number of hydrogen-bond donors (Lipinski definition) is 1. The standard InChI is InChI=1S/C24H28N2O4S/c1-18-10-6-7-13-20(18)31(29,30)25-21(27)23(2)16-17-26(23)22(28)24(14-8-9-15-24)19-11-4-3-5-12-19/h3-7,10-13H,8-9,14-17H2,1-2H3,(H,25,27). The molecule has 1 aliphatic carbocycles. The van der Waals surface area contributed by atoms with E-state index in [0.29, 0.717) is 18.5 Å². The van der Waals surface area contributed by atoms with Crippen LogP contribution in [0, 0.1) is 6.92 Å². The molecule has 2 aromatic rings. The Balaban J connectivity index is 1.59. The molecule has 0 bridgehead atoms. The lowest BCUT2D eigenvalue weighted by Crippen LogP contribution is -2.70. The predicted molar refractivity (Wildman–Crippen MR) is 118 cm³/mol. The van der Waals surface area contributed by atoms with E-state index in [2.05, 4.69) is 4.72 Å². The van der Waals surface area contributed by atoms with Gasteiger partial charge in [0.25, 0.3) is 15.9 Å². The molecule has 1 saturated carbocycles. The van der Waals surface area contributed by atoms with Crippen LogP contribution in [0.3, 0.4) is 0 Å². The van der Waals surface area contributed by atoms with Gasteiger partial charge in [-0.2, -0.15) is 0 Å². The summed E-state index contributed by atoms with van der Waals surface area (Å²) in [4.78, 5) is 28.5. The summed E-state index contributed by atoms with van der Waals surface area (Å²) < 4.78 is 27.9. The van der Waals surface area contributed by atoms with E-state index >= 15 is 0 Å². The molecule has 2 aliphatic rings. The van der Waals surface area contributed by atoms with Gasteiger partial charge in [0.1, 0.15) is 5.54 Å². The van der Waals surface area contributed by atoms with E-state index in [9.17, 15) is 18.0 Å². The van der Waals surface area contributed by atoms with Crippen molar-refractivity contribution in [1.29, 1.82) is 0 Å². The number of likely N-dealkylation sites (tertiary alicyclic amines) is 1. The summed E-state index contributed by atoms with van der Waals surface area (Å²) >= 11 is 0. The first-order valence-electron chi connectivity index (χ1n) is 10.7. The number of nitrogens with one attached hydrogen (secondary N) is 1. The molecule has 2 amide bonds. The summed E-state index contributed by atoms with van der Waals surface area (Å²) in [5.41, 5.74) is -0.293. The van der Waals surface area contributed by atoms with Crippen molar-refractivity contribution in [3.05, 3.63) is 65.7 Å². The first-order chi connectivity index (χ1) is 14.7. The predicted octanol–water partition coefficient (Wildman–Crippen LogP) is 3.30. The zero-order valence-electron chi connectivity index (χ0n) is 17.9. The summed E-state index contributed by atoms with van der Waals surface area (Å²) in [6.07, 6.45) is 3.83. The van der Waals surface area contributed by atoms with E-state index < -0.39 is 26.9 Å². The molecular weight excluding hydrogens is 412 g/mol. The van der Waals surface area contributed by atoms with Crippen molar-refractivity contribution in [2.24, 2.45) is 0 Å². The van der Waals surface area contributed by atoms with E-state index in [1.807, 2.05) is 30.3 Å². The number of nitrogens with zero attached hydrogens (tertiary/aromatic N) is 1. The number of rotatable bonds is 5. The molecule has 1 N–H and O–H groups in total. The molecule has 1 saturated heterocycles. The van der Waals surface area contributed by atoms with E-state index in [0.717, 1.165) is 31.2 Å². The van der Waals surface area contributed by atoms with Crippen LogP contribution in [0.5, 0.6) is 0 Å². The first kappa shape index (κ1) is 21.6. The number of benzene rings is 2. The van der Waals surface area contributed by atoms with Crippen molar-refractivity contribution < 1.29 is 18.0 Å². The number of aryl methyl sites for hydroxylation is 1. The van der Waals surface area contributed by atoms with Crippen LogP contribution in [-0.4, -0.2) is 37.2 Å². The van der Waals surface area contributed by atoms with Gasteiger partial charge in [-0.05, 0) is 50.3 Å². The van der Waals surface area contributed by atoms with E-state index in [1.165, 1.54) is 6.07 Å². The third kappa shape index (κ3) is 3.55. The SMILES string of the molecule is Cc1ccccc1S(=O)(=O)NC(=O)C1(C)CCN1C(=O)C1(c2ccccc2)CCCC1. The molecule has 0 aromatic heterocycles. The highest BCUT2D eigenvalue weighted by Crippen LogP contribution is 2.46. The van der Waals surface area contributed by atoms with Crippen LogP contribution in [0.25, 0.3) is 0 Å². The van der Waals surface area contributed by atoms with Gasteiger partial charge in [-0.15, -0.1) is 0 Å². The average Bonchev–Trinajstić information content (AvgIpc) is 3.24. The van der Waals surface area contributed by atoms with Gasteiger partial charge in [0.15, 0.2) is 0 Å². The summed E-state index contributed by atoms with van der Waals surface area (Å²) in [7, 11) is -4.02. The van der Waals surface area contributed by atoms with Gasteiger partial charge < -0.3 is 4.90 Å². The Labute approximate surface area is 183 Å². The second kappa shape index (κ2) is 7.79. The lowest BCUT2D eigenvalue weighted by molar-refractivity contribution is -0.161. The molecule has 1 aliphatic heterocycles. The van der Waals surface area contributed by atoms with E-state index in [4.69, 9.17) is 0 Å². The van der Waals surface area contributed by atoms with Crippen molar-refractivity contribution in [3.63, 3.8) is 0 Å². The Hall–Kier alpha value is -2.67. The number of carbonyl (C=O) groups excluding carboxylic acids is 2. The molecule has 31 heavy (non-hydrogen) atoms. The Bertz CT molecular complexity index is 1110. The topological polar surface area (TPSA) is 83.6 Å². The minimum absolute atomic E-state index is 0.0701. The number of carbonyl (C=O) groups is 2. The second-order valence-corrected chi connectivity index (χ2v) is 10.5. The van der Waals surface area contributed by atoms with Crippen LogP contribution in [0.15, 0.2) is 59.5 Å². The second-order valence-electron chi connectivity index (χ2n) is 8.84. The minimum atomic E-state index is -4.02. The zero-order chi connectivity index (χ0) is 22.3. The van der Waals surface area contributed by atoms with Gasteiger partial charge in [-0.3, -0.25) is 9.59 Å². The Morgan fingerprint density at radius 1 is 0.935 bits per heavy atom. The van der Waals surface area contributed by atoms with Crippen LogP contribution >= 0.6 is 0 Å². The van der Waals surface area contributed by atoms with Crippen LogP contribution in [-0.2, 0) is 25.0 Å². The monoisotopic (exact) mass is 440 g/mol. The number of hydrogen-bond acceptors (Lipinski definition) is 4. The van der Waals surface area contributed by atoms with Gasteiger partial charge in [0, 0.05) is 6.54 Å². The fraction of sp³-hybridized carbons (Fsp3) is 0.417. The van der Waals surface area contributed by atoms with E-state index in [-0.39, 0.29) is 10.8 Å². The number of sulfonamides is 1. The first-order valence-corrected chi connectivity index (χ1v) is 12.2. The molecule has 6 nitrogen and oxygen atoms in total. The van der Waals surface area contributed by atoms with Crippen molar-refractivity contribution >= 4 is 21.8 Å². The van der Waals surface area contributed by atoms with Crippen molar-refractivity contribution in [2.75, 3.05) is 6.54 Å². The van der Waals surface area contributed by atoms with Gasteiger partial charge in [0.05, 0.1) is 10.3 Å². The van der Waals surface area contributed by atoms with Crippen molar-refractivity contribution in [3.8, 4) is 0 Å². The van der Waals surface area contributed by atoms with Crippen LogP contribution in [0.2, 0.25) is 0 Å². The Morgan fingerprint density at radius 2 is 1.55 bits per heavy atom. The van der Waals surface area contributed by atoms with Crippen molar-refractivity contribution in [1.82, 2.24) is 9.62 Å². The fourth-order valence-corrected chi connectivity index (χ4v) is 6.21. The summed E-state index contributed by atoms with van der Waals surface area (Å²) in [6, 6.07) is 16.3. The highest BCUT2D eigenvalue weighted by Gasteiger charge is 2.56. The maximum absolute atomic E-state index is 13.8. The molecule has 164 valence electrons. The third-order valence-corrected chi connectivity index (χ3v) is 8.45. The molecule has 1 atom stereocenters. The average molecular weight is 441 g/mol. The molecule has 2 fully saturated rings. The quantitative estimate of drug-likeness (QED) is 0.773. The molecule has 0 spiro atoms. The van der Waals surface area contributed by atoms with Gasteiger partial charge in [-0.25, -0.2) is 13.1 Å². The Morgan fingerprint density at radius 3 is 2.13 bits per heavy atom. The Kier molecular flexibility index (Phi) is 5.41. The normalized spacial score (nSPS) is 22.6. The van der Waals surface area contributed by atoms with E-state index in [1.54, 1.807) is 36.9 Å². The van der Waals surface area contributed by atoms with Gasteiger partial charge >= 0.3 is 0 Å². The van der Waals surface area contributed by atoms with Gasteiger partial charge in [-0.1, -0.05) is 61.4 Å². The smallest absolute Gasteiger partial charge is 0.264 e.